The van der Waals surface area contributed by atoms with Crippen LogP contribution in [0.3, 0.4) is 0 Å². The van der Waals surface area contributed by atoms with Crippen molar-refractivity contribution in [2.75, 3.05) is 6.61 Å². The van der Waals surface area contributed by atoms with Crippen molar-refractivity contribution < 1.29 is 13.9 Å². The number of aryl methyl sites for hydroxylation is 1. The van der Waals surface area contributed by atoms with Crippen LogP contribution in [0.25, 0.3) is 11.0 Å². The fourth-order valence-electron chi connectivity index (χ4n) is 2.36. The van der Waals surface area contributed by atoms with E-state index in [2.05, 4.69) is 10.5 Å². The first kappa shape index (κ1) is 18.9. The summed E-state index contributed by atoms with van der Waals surface area (Å²) >= 11 is 11.8. The summed E-state index contributed by atoms with van der Waals surface area (Å²) in [6, 6.07) is 11.4. The van der Waals surface area contributed by atoms with E-state index in [9.17, 15) is 9.59 Å². The first-order chi connectivity index (χ1) is 12.9. The zero-order valence-electron chi connectivity index (χ0n) is 14.2. The molecule has 0 spiro atoms. The number of carbonyl (C=O) groups is 1. The van der Waals surface area contributed by atoms with E-state index in [1.807, 2.05) is 6.92 Å². The third-order valence-electron chi connectivity index (χ3n) is 3.65. The minimum absolute atomic E-state index is 0.257. The molecule has 0 unspecified atom stereocenters. The van der Waals surface area contributed by atoms with Gasteiger partial charge in [0.15, 0.2) is 6.61 Å². The maximum absolute atomic E-state index is 11.8. The Morgan fingerprint density at radius 2 is 2.04 bits per heavy atom. The number of nitrogens with zero attached hydrogens (tertiary/aromatic N) is 1. The van der Waals surface area contributed by atoms with Gasteiger partial charge in [-0.05, 0) is 36.8 Å². The minimum Gasteiger partial charge on any atom is -0.484 e. The SMILES string of the molecule is Cc1cc(=O)oc2cc(OCC(=O)N/N=C\c3ccc(Cl)cc3Cl)ccc12. The van der Waals surface area contributed by atoms with Gasteiger partial charge in [0.2, 0.25) is 0 Å². The van der Waals surface area contributed by atoms with E-state index in [-0.39, 0.29) is 6.61 Å². The Bertz CT molecular complexity index is 1090. The highest BCUT2D eigenvalue weighted by Crippen LogP contribution is 2.22. The lowest BCUT2D eigenvalue weighted by Crippen LogP contribution is -2.24. The number of ether oxygens (including phenoxy) is 1. The monoisotopic (exact) mass is 404 g/mol. The van der Waals surface area contributed by atoms with Gasteiger partial charge in [0.25, 0.3) is 5.91 Å². The molecule has 0 aliphatic heterocycles. The summed E-state index contributed by atoms with van der Waals surface area (Å²) in [5.74, 6) is -0.0572. The number of hydrazone groups is 1. The Hall–Kier alpha value is -2.83. The summed E-state index contributed by atoms with van der Waals surface area (Å²) in [4.78, 5) is 23.3. The molecule has 0 bridgehead atoms. The molecule has 0 aliphatic carbocycles. The van der Waals surface area contributed by atoms with Crippen LogP contribution in [0.5, 0.6) is 5.75 Å². The van der Waals surface area contributed by atoms with Gasteiger partial charge >= 0.3 is 5.63 Å². The van der Waals surface area contributed by atoms with Crippen molar-refractivity contribution in [2.24, 2.45) is 5.10 Å². The summed E-state index contributed by atoms with van der Waals surface area (Å²) in [6.45, 7) is 1.56. The van der Waals surface area contributed by atoms with Crippen molar-refractivity contribution >= 4 is 46.3 Å². The molecule has 27 heavy (non-hydrogen) atoms. The smallest absolute Gasteiger partial charge is 0.336 e. The van der Waals surface area contributed by atoms with Crippen molar-refractivity contribution in [3.8, 4) is 5.75 Å². The third kappa shape index (κ3) is 4.87. The Labute approximate surface area is 164 Å². The molecule has 1 heterocycles. The molecule has 0 fully saturated rings. The molecular formula is C19H14Cl2N2O4. The number of benzene rings is 2. The molecule has 1 aromatic heterocycles. The molecule has 138 valence electrons. The van der Waals surface area contributed by atoms with Gasteiger partial charge in [0.05, 0.1) is 11.2 Å². The van der Waals surface area contributed by atoms with Crippen LogP contribution in [-0.4, -0.2) is 18.7 Å². The van der Waals surface area contributed by atoms with Crippen LogP contribution in [0.1, 0.15) is 11.1 Å². The van der Waals surface area contributed by atoms with Gasteiger partial charge in [-0.1, -0.05) is 29.3 Å². The average molecular weight is 405 g/mol. The lowest BCUT2D eigenvalue weighted by Gasteiger charge is -2.06. The van der Waals surface area contributed by atoms with E-state index >= 15 is 0 Å². The van der Waals surface area contributed by atoms with Gasteiger partial charge in [-0.25, -0.2) is 10.2 Å². The molecule has 0 aliphatic rings. The maximum atomic E-state index is 11.8. The number of carbonyl (C=O) groups excluding carboxylic acids is 1. The second-order valence-corrected chi connectivity index (χ2v) is 6.50. The largest absolute Gasteiger partial charge is 0.484 e. The molecule has 6 nitrogen and oxygen atoms in total. The van der Waals surface area contributed by atoms with Crippen molar-refractivity contribution in [3.63, 3.8) is 0 Å². The minimum atomic E-state index is -0.456. The van der Waals surface area contributed by atoms with Gasteiger partial charge in [0, 0.05) is 28.1 Å². The summed E-state index contributed by atoms with van der Waals surface area (Å²) in [7, 11) is 0. The van der Waals surface area contributed by atoms with E-state index in [1.165, 1.54) is 12.3 Å². The molecule has 0 saturated carbocycles. The quantitative estimate of drug-likeness (QED) is 0.396. The normalized spacial score (nSPS) is 11.1. The van der Waals surface area contributed by atoms with Crippen LogP contribution >= 0.6 is 23.2 Å². The van der Waals surface area contributed by atoms with Crippen molar-refractivity contribution in [1.82, 2.24) is 5.43 Å². The second kappa shape index (κ2) is 8.24. The molecule has 3 rings (SSSR count). The van der Waals surface area contributed by atoms with Crippen LogP contribution < -0.4 is 15.8 Å². The Morgan fingerprint density at radius 1 is 1.22 bits per heavy atom. The maximum Gasteiger partial charge on any atom is 0.336 e. The predicted molar refractivity (Wildman–Crippen MR) is 105 cm³/mol. The zero-order chi connectivity index (χ0) is 19.4. The van der Waals surface area contributed by atoms with Crippen LogP contribution in [0.4, 0.5) is 0 Å². The highest BCUT2D eigenvalue weighted by Gasteiger charge is 2.06. The van der Waals surface area contributed by atoms with Gasteiger partial charge in [-0.3, -0.25) is 4.79 Å². The highest BCUT2D eigenvalue weighted by atomic mass is 35.5. The topological polar surface area (TPSA) is 80.9 Å². The third-order valence-corrected chi connectivity index (χ3v) is 4.21. The van der Waals surface area contributed by atoms with Crippen LogP contribution in [0.15, 0.2) is 56.8 Å². The summed E-state index contributed by atoms with van der Waals surface area (Å²) in [5, 5.41) is 5.56. The van der Waals surface area contributed by atoms with E-state index < -0.39 is 11.5 Å². The average Bonchev–Trinajstić information content (AvgIpc) is 2.61. The fraction of sp³-hybridized carbons (Fsp3) is 0.105. The standard InChI is InChI=1S/C19H14Cl2N2O4/c1-11-6-19(25)27-17-8-14(4-5-15(11)17)26-10-18(24)23-22-9-12-2-3-13(20)7-16(12)21/h2-9H,10H2,1H3,(H,23,24)/b22-9-. The van der Waals surface area contributed by atoms with E-state index in [4.69, 9.17) is 32.4 Å². The van der Waals surface area contributed by atoms with E-state index in [1.54, 1.807) is 36.4 Å². The number of hydrogen-bond acceptors (Lipinski definition) is 5. The lowest BCUT2D eigenvalue weighted by atomic mass is 10.1. The highest BCUT2D eigenvalue weighted by molar-refractivity contribution is 6.36. The number of halogens is 2. The number of fused-ring (bicyclic) bond motifs is 1. The van der Waals surface area contributed by atoms with Gasteiger partial charge in [-0.15, -0.1) is 0 Å². The molecule has 1 N–H and O–H groups in total. The lowest BCUT2D eigenvalue weighted by molar-refractivity contribution is -0.123. The van der Waals surface area contributed by atoms with Crippen LogP contribution in [0, 0.1) is 6.92 Å². The van der Waals surface area contributed by atoms with Crippen LogP contribution in [-0.2, 0) is 4.79 Å². The number of rotatable bonds is 5. The summed E-state index contributed by atoms with van der Waals surface area (Å²) in [5.41, 5.74) is 3.72. The Morgan fingerprint density at radius 3 is 2.81 bits per heavy atom. The summed E-state index contributed by atoms with van der Waals surface area (Å²) < 4.78 is 10.5. The zero-order valence-corrected chi connectivity index (χ0v) is 15.7. The molecule has 8 heteroatoms. The number of nitrogens with one attached hydrogen (secondary N) is 1. The Kier molecular flexibility index (Phi) is 5.78. The van der Waals surface area contributed by atoms with Crippen molar-refractivity contribution in [2.45, 2.75) is 6.92 Å². The molecule has 3 aromatic rings. The van der Waals surface area contributed by atoms with E-state index in [0.717, 1.165) is 10.9 Å². The molecular weight excluding hydrogens is 391 g/mol. The predicted octanol–water partition coefficient (Wildman–Crippen LogP) is 3.94. The molecule has 0 radical (unpaired) electrons. The molecule has 2 aromatic carbocycles. The van der Waals surface area contributed by atoms with Crippen molar-refractivity contribution in [3.05, 3.63) is 74.1 Å². The van der Waals surface area contributed by atoms with Crippen molar-refractivity contribution in [1.29, 1.82) is 0 Å². The van der Waals surface area contributed by atoms with E-state index in [0.29, 0.717) is 26.9 Å². The van der Waals surface area contributed by atoms with Crippen LogP contribution in [0.2, 0.25) is 10.0 Å². The summed E-state index contributed by atoms with van der Waals surface area (Å²) in [6.07, 6.45) is 1.41. The second-order valence-electron chi connectivity index (χ2n) is 5.65. The number of amides is 1. The molecule has 0 saturated heterocycles. The van der Waals surface area contributed by atoms with Gasteiger partial charge in [-0.2, -0.15) is 5.10 Å². The first-order valence-electron chi connectivity index (χ1n) is 7.86. The van der Waals surface area contributed by atoms with Gasteiger partial charge in [0.1, 0.15) is 11.3 Å². The molecule has 1 amide bonds. The number of hydrogen-bond donors (Lipinski definition) is 1. The van der Waals surface area contributed by atoms with Gasteiger partial charge < -0.3 is 9.15 Å². The first-order valence-corrected chi connectivity index (χ1v) is 8.62. The fourth-order valence-corrected chi connectivity index (χ4v) is 2.81. The Balaban J connectivity index is 1.59. The molecule has 0 atom stereocenters.